The largest absolute Gasteiger partial charge is 0.312 e. The molecule has 0 spiro atoms. The average Bonchev–Trinajstić information content (AvgIpc) is 2.90. The Morgan fingerprint density at radius 2 is 1.81 bits per heavy atom. The minimum atomic E-state index is 0.182. The van der Waals surface area contributed by atoms with Gasteiger partial charge in [-0.05, 0) is 41.8 Å². The van der Waals surface area contributed by atoms with Crippen molar-refractivity contribution in [2.75, 3.05) is 11.4 Å². The Labute approximate surface area is 124 Å². The lowest BCUT2D eigenvalue weighted by Crippen LogP contribution is -2.24. The van der Waals surface area contributed by atoms with Crippen LogP contribution in [0, 0.1) is 5.92 Å². The molecule has 0 aliphatic carbocycles. The fourth-order valence-electron chi connectivity index (χ4n) is 2.67. The SMILES string of the molecule is C=CC1CC(=O)N(c2ccc(Cc3ccncc3)cc2)C1. The zero-order valence-electron chi connectivity index (χ0n) is 11.9. The number of benzene rings is 1. The van der Waals surface area contributed by atoms with Crippen LogP contribution in [-0.4, -0.2) is 17.4 Å². The van der Waals surface area contributed by atoms with Gasteiger partial charge >= 0.3 is 0 Å². The maximum atomic E-state index is 12.0. The molecule has 1 amide bonds. The Kier molecular flexibility index (Phi) is 3.82. The smallest absolute Gasteiger partial charge is 0.227 e. The Hall–Kier alpha value is -2.42. The van der Waals surface area contributed by atoms with E-state index in [9.17, 15) is 4.79 Å². The predicted molar refractivity (Wildman–Crippen MR) is 84.1 cm³/mol. The van der Waals surface area contributed by atoms with Crippen LogP contribution in [0.4, 0.5) is 5.69 Å². The standard InChI is InChI=1S/C18H18N2O/c1-2-14-12-18(21)20(13-14)17-5-3-15(4-6-17)11-16-7-9-19-10-8-16/h2-10,14H,1,11-13H2. The Morgan fingerprint density at radius 1 is 1.14 bits per heavy atom. The number of hydrogen-bond acceptors (Lipinski definition) is 2. The molecule has 1 unspecified atom stereocenters. The lowest BCUT2D eigenvalue weighted by atomic mass is 10.1. The molecule has 106 valence electrons. The van der Waals surface area contributed by atoms with Gasteiger partial charge in [0.05, 0.1) is 0 Å². The van der Waals surface area contributed by atoms with Gasteiger partial charge in [0.25, 0.3) is 0 Å². The second kappa shape index (κ2) is 5.92. The molecule has 1 aromatic heterocycles. The minimum absolute atomic E-state index is 0.182. The van der Waals surface area contributed by atoms with Crippen molar-refractivity contribution in [3.05, 3.63) is 72.6 Å². The summed E-state index contributed by atoms with van der Waals surface area (Å²) in [6.07, 6.45) is 6.94. The van der Waals surface area contributed by atoms with Gasteiger partial charge in [-0.15, -0.1) is 6.58 Å². The van der Waals surface area contributed by atoms with Crippen molar-refractivity contribution < 1.29 is 4.79 Å². The molecule has 1 saturated heterocycles. The van der Waals surface area contributed by atoms with Crippen LogP contribution in [0.15, 0.2) is 61.4 Å². The number of pyridine rings is 1. The molecule has 1 aliphatic heterocycles. The van der Waals surface area contributed by atoms with Crippen LogP contribution in [0.3, 0.4) is 0 Å². The van der Waals surface area contributed by atoms with Crippen molar-refractivity contribution in [2.24, 2.45) is 5.92 Å². The lowest BCUT2D eigenvalue weighted by Gasteiger charge is -2.16. The van der Waals surface area contributed by atoms with E-state index in [0.29, 0.717) is 6.42 Å². The maximum Gasteiger partial charge on any atom is 0.227 e. The number of aromatic nitrogens is 1. The third-order valence-electron chi connectivity index (χ3n) is 3.89. The van der Waals surface area contributed by atoms with Gasteiger partial charge in [-0.25, -0.2) is 0 Å². The molecule has 2 heterocycles. The first-order valence-corrected chi connectivity index (χ1v) is 7.17. The summed E-state index contributed by atoms with van der Waals surface area (Å²) in [5.41, 5.74) is 3.45. The number of anilines is 1. The van der Waals surface area contributed by atoms with Crippen LogP contribution in [0.25, 0.3) is 0 Å². The van der Waals surface area contributed by atoms with E-state index in [-0.39, 0.29) is 11.8 Å². The van der Waals surface area contributed by atoms with E-state index >= 15 is 0 Å². The van der Waals surface area contributed by atoms with Gasteiger partial charge in [0.15, 0.2) is 0 Å². The number of hydrogen-bond donors (Lipinski definition) is 0. The van der Waals surface area contributed by atoms with Gasteiger partial charge in [-0.1, -0.05) is 18.2 Å². The minimum Gasteiger partial charge on any atom is -0.312 e. The fraction of sp³-hybridized carbons (Fsp3) is 0.222. The van der Waals surface area contributed by atoms with E-state index in [1.54, 1.807) is 0 Å². The molecule has 21 heavy (non-hydrogen) atoms. The predicted octanol–water partition coefficient (Wildman–Crippen LogP) is 3.21. The van der Waals surface area contributed by atoms with Gasteiger partial charge in [-0.2, -0.15) is 0 Å². The van der Waals surface area contributed by atoms with Crippen molar-refractivity contribution in [2.45, 2.75) is 12.8 Å². The highest BCUT2D eigenvalue weighted by Gasteiger charge is 2.28. The normalized spacial score (nSPS) is 18.0. The highest BCUT2D eigenvalue weighted by atomic mass is 16.2. The second-order valence-corrected chi connectivity index (χ2v) is 5.40. The van der Waals surface area contributed by atoms with Crippen LogP contribution in [0.2, 0.25) is 0 Å². The van der Waals surface area contributed by atoms with Crippen molar-refractivity contribution in [1.82, 2.24) is 4.98 Å². The monoisotopic (exact) mass is 278 g/mol. The molecule has 3 nitrogen and oxygen atoms in total. The molecular weight excluding hydrogens is 260 g/mol. The molecule has 0 bridgehead atoms. The van der Waals surface area contributed by atoms with Gasteiger partial charge in [0.1, 0.15) is 0 Å². The third kappa shape index (κ3) is 3.02. The molecule has 2 aromatic rings. The number of amides is 1. The van der Waals surface area contributed by atoms with Crippen LogP contribution in [0.5, 0.6) is 0 Å². The molecule has 1 atom stereocenters. The Bertz CT molecular complexity index is 634. The second-order valence-electron chi connectivity index (χ2n) is 5.40. The summed E-state index contributed by atoms with van der Waals surface area (Å²) in [6, 6.07) is 12.3. The van der Waals surface area contributed by atoms with E-state index < -0.39 is 0 Å². The number of carbonyl (C=O) groups excluding carboxylic acids is 1. The highest BCUT2D eigenvalue weighted by Crippen LogP contribution is 2.26. The quantitative estimate of drug-likeness (QED) is 0.805. The van der Waals surface area contributed by atoms with E-state index in [2.05, 4.69) is 23.7 Å². The summed E-state index contributed by atoms with van der Waals surface area (Å²) in [5.74, 6) is 0.454. The van der Waals surface area contributed by atoms with Crippen molar-refractivity contribution in [3.8, 4) is 0 Å². The van der Waals surface area contributed by atoms with Crippen molar-refractivity contribution in [1.29, 1.82) is 0 Å². The Morgan fingerprint density at radius 3 is 2.43 bits per heavy atom. The van der Waals surface area contributed by atoms with E-state index in [0.717, 1.165) is 18.7 Å². The summed E-state index contributed by atoms with van der Waals surface area (Å²) in [6.45, 7) is 4.52. The van der Waals surface area contributed by atoms with Gasteiger partial charge in [-0.3, -0.25) is 9.78 Å². The van der Waals surface area contributed by atoms with Crippen LogP contribution >= 0.6 is 0 Å². The molecule has 1 aliphatic rings. The molecule has 3 heteroatoms. The Balaban J connectivity index is 1.72. The highest BCUT2D eigenvalue weighted by molar-refractivity contribution is 5.95. The van der Waals surface area contributed by atoms with Crippen molar-refractivity contribution in [3.63, 3.8) is 0 Å². The summed E-state index contributed by atoms with van der Waals surface area (Å²) in [5, 5.41) is 0. The van der Waals surface area contributed by atoms with E-state index in [4.69, 9.17) is 0 Å². The van der Waals surface area contributed by atoms with E-state index in [1.807, 2.05) is 47.6 Å². The molecule has 1 aromatic carbocycles. The third-order valence-corrected chi connectivity index (χ3v) is 3.89. The van der Waals surface area contributed by atoms with Crippen molar-refractivity contribution >= 4 is 11.6 Å². The first kappa shape index (κ1) is 13.6. The summed E-state index contributed by atoms with van der Waals surface area (Å²) in [7, 11) is 0. The van der Waals surface area contributed by atoms with Crippen LogP contribution in [0.1, 0.15) is 17.5 Å². The van der Waals surface area contributed by atoms with Crippen LogP contribution < -0.4 is 4.90 Å². The van der Waals surface area contributed by atoms with Gasteiger partial charge in [0.2, 0.25) is 5.91 Å². The molecule has 0 N–H and O–H groups in total. The summed E-state index contributed by atoms with van der Waals surface area (Å²) in [4.78, 5) is 17.9. The first-order valence-electron chi connectivity index (χ1n) is 7.17. The fourth-order valence-corrected chi connectivity index (χ4v) is 2.67. The molecule has 3 rings (SSSR count). The number of nitrogens with zero attached hydrogens (tertiary/aromatic N) is 2. The number of carbonyl (C=O) groups is 1. The average molecular weight is 278 g/mol. The lowest BCUT2D eigenvalue weighted by molar-refractivity contribution is -0.117. The molecular formula is C18H18N2O. The first-order chi connectivity index (χ1) is 10.3. The zero-order valence-corrected chi connectivity index (χ0v) is 11.9. The molecule has 1 fully saturated rings. The summed E-state index contributed by atoms with van der Waals surface area (Å²) >= 11 is 0. The van der Waals surface area contributed by atoms with E-state index in [1.165, 1.54) is 11.1 Å². The topological polar surface area (TPSA) is 33.2 Å². The molecule has 0 saturated carbocycles. The molecule has 0 radical (unpaired) electrons. The number of rotatable bonds is 4. The zero-order chi connectivity index (χ0) is 14.7. The summed E-state index contributed by atoms with van der Waals surface area (Å²) < 4.78 is 0. The van der Waals surface area contributed by atoms with Gasteiger partial charge in [0, 0.05) is 37.0 Å². The van der Waals surface area contributed by atoms with Gasteiger partial charge < -0.3 is 4.90 Å². The van der Waals surface area contributed by atoms with Crippen LogP contribution in [-0.2, 0) is 11.2 Å². The maximum absolute atomic E-state index is 12.0.